The van der Waals surface area contributed by atoms with Crippen molar-refractivity contribution in [1.29, 1.82) is 0 Å². The predicted octanol–water partition coefficient (Wildman–Crippen LogP) is 0.136. The van der Waals surface area contributed by atoms with Crippen LogP contribution in [0.15, 0.2) is 23.0 Å². The zero-order chi connectivity index (χ0) is 18.4. The molecular weight excluding hydrogens is 336 g/mol. The van der Waals surface area contributed by atoms with Crippen LogP contribution >= 0.6 is 0 Å². The number of carbonyl (C=O) groups excluding carboxylic acids is 2. The molecule has 26 heavy (non-hydrogen) atoms. The largest absolute Gasteiger partial charge is 0.396 e. The van der Waals surface area contributed by atoms with Crippen LogP contribution < -0.4 is 15.9 Å². The van der Waals surface area contributed by atoms with Gasteiger partial charge in [0, 0.05) is 44.8 Å². The van der Waals surface area contributed by atoms with E-state index in [0.29, 0.717) is 11.9 Å². The Kier molecular flexibility index (Phi) is 4.07. The molecule has 138 valence electrons. The summed E-state index contributed by atoms with van der Waals surface area (Å²) in [6, 6.07) is 5.10. The molecule has 8 nitrogen and oxygen atoms in total. The Hall–Kier alpha value is -2.61. The highest BCUT2D eigenvalue weighted by Gasteiger charge is 2.31. The van der Waals surface area contributed by atoms with Crippen molar-refractivity contribution in [3.8, 4) is 0 Å². The molecule has 2 atom stereocenters. The van der Waals surface area contributed by atoms with Gasteiger partial charge >= 0.3 is 5.69 Å². The highest BCUT2D eigenvalue weighted by molar-refractivity contribution is 6.00. The summed E-state index contributed by atoms with van der Waals surface area (Å²) in [6.07, 6.45) is 1.51. The number of rotatable bonds is 3. The van der Waals surface area contributed by atoms with Crippen molar-refractivity contribution in [2.75, 3.05) is 24.6 Å². The monoisotopic (exact) mass is 358 g/mol. The number of carbonyl (C=O) groups is 2. The number of nitrogens with one attached hydrogen (secondary N) is 1. The van der Waals surface area contributed by atoms with Crippen molar-refractivity contribution in [3.63, 3.8) is 0 Å². The molecular formula is C18H22N4O4. The number of aromatic nitrogens is 2. The van der Waals surface area contributed by atoms with E-state index in [2.05, 4.69) is 10.2 Å². The molecule has 3 heterocycles. The Balaban J connectivity index is 1.75. The number of aliphatic hydroxyl groups excluding tert-OH is 1. The molecule has 4 rings (SSSR count). The molecule has 0 radical (unpaired) electrons. The van der Waals surface area contributed by atoms with E-state index >= 15 is 0 Å². The first kappa shape index (κ1) is 16.8. The van der Waals surface area contributed by atoms with Crippen molar-refractivity contribution in [1.82, 2.24) is 14.5 Å². The quantitative estimate of drug-likeness (QED) is 0.761. The van der Waals surface area contributed by atoms with Crippen molar-refractivity contribution < 1.29 is 14.7 Å². The van der Waals surface area contributed by atoms with Crippen LogP contribution in [0.3, 0.4) is 0 Å². The number of piperidine rings is 1. The number of aryl methyl sites for hydroxylation is 1. The number of nitrogens with zero attached hydrogens (tertiary/aromatic N) is 3. The second-order valence-electron chi connectivity index (χ2n) is 7.13. The van der Waals surface area contributed by atoms with Crippen molar-refractivity contribution >= 4 is 28.5 Å². The second-order valence-corrected chi connectivity index (χ2v) is 7.13. The molecule has 2 unspecified atom stereocenters. The number of imide groups is 1. The fourth-order valence-electron chi connectivity index (χ4n) is 3.99. The standard InChI is InChI=1S/C18H22N4O4/c1-20-15-8-12(21-7-6-11(9-21)10-23)2-3-13(15)22(18(20)26)14-4-5-16(24)19-17(14)25/h2-3,8,11,14,23H,4-7,9-10H2,1H3,(H,19,24,25). The molecule has 2 saturated heterocycles. The van der Waals surface area contributed by atoms with Crippen LogP contribution in [-0.4, -0.2) is 45.8 Å². The number of imidazole rings is 1. The van der Waals surface area contributed by atoms with E-state index in [9.17, 15) is 19.5 Å². The normalized spacial score (nSPS) is 23.7. The molecule has 8 heteroatoms. The molecule has 0 saturated carbocycles. The van der Waals surface area contributed by atoms with Crippen LogP contribution in [-0.2, 0) is 16.6 Å². The fourth-order valence-corrected chi connectivity index (χ4v) is 3.99. The van der Waals surface area contributed by atoms with Gasteiger partial charge in [-0.15, -0.1) is 0 Å². The predicted molar refractivity (Wildman–Crippen MR) is 96.0 cm³/mol. The third kappa shape index (κ3) is 2.61. The van der Waals surface area contributed by atoms with E-state index in [1.54, 1.807) is 11.6 Å². The smallest absolute Gasteiger partial charge is 0.329 e. The third-order valence-electron chi connectivity index (χ3n) is 5.50. The molecule has 1 aromatic heterocycles. The van der Waals surface area contributed by atoms with Gasteiger partial charge in [0.1, 0.15) is 6.04 Å². The lowest BCUT2D eigenvalue weighted by molar-refractivity contribution is -0.135. The number of hydrogen-bond donors (Lipinski definition) is 2. The van der Waals surface area contributed by atoms with Gasteiger partial charge in [-0.05, 0) is 31.0 Å². The average Bonchev–Trinajstić information content (AvgIpc) is 3.20. The molecule has 0 spiro atoms. The molecule has 2 N–H and O–H groups in total. The van der Waals surface area contributed by atoms with Crippen molar-refractivity contribution in [2.24, 2.45) is 13.0 Å². The van der Waals surface area contributed by atoms with Gasteiger partial charge in [0.25, 0.3) is 0 Å². The van der Waals surface area contributed by atoms with E-state index in [4.69, 9.17) is 0 Å². The number of benzene rings is 1. The van der Waals surface area contributed by atoms with Gasteiger partial charge in [0.05, 0.1) is 11.0 Å². The molecule has 2 aromatic rings. The third-order valence-corrected chi connectivity index (χ3v) is 5.50. The van der Waals surface area contributed by atoms with E-state index in [-0.39, 0.29) is 30.5 Å². The minimum absolute atomic E-state index is 0.184. The first-order chi connectivity index (χ1) is 12.5. The first-order valence-corrected chi connectivity index (χ1v) is 8.90. The Labute approximate surface area is 150 Å². The van der Waals surface area contributed by atoms with Gasteiger partial charge in [0.15, 0.2) is 0 Å². The van der Waals surface area contributed by atoms with Crippen LogP contribution in [0, 0.1) is 5.92 Å². The lowest BCUT2D eigenvalue weighted by atomic mass is 10.1. The van der Waals surface area contributed by atoms with Crippen molar-refractivity contribution in [2.45, 2.75) is 25.3 Å². The molecule has 2 fully saturated rings. The average molecular weight is 358 g/mol. The summed E-state index contributed by atoms with van der Waals surface area (Å²) in [7, 11) is 1.69. The Morgan fingerprint density at radius 1 is 1.19 bits per heavy atom. The second kappa shape index (κ2) is 6.28. The highest BCUT2D eigenvalue weighted by atomic mass is 16.3. The maximum absolute atomic E-state index is 12.8. The van der Waals surface area contributed by atoms with Crippen LogP contribution in [0.1, 0.15) is 25.3 Å². The molecule has 0 aliphatic carbocycles. The van der Waals surface area contributed by atoms with E-state index in [1.807, 2.05) is 18.2 Å². The molecule has 1 aromatic carbocycles. The molecule has 0 bridgehead atoms. The zero-order valence-electron chi connectivity index (χ0n) is 14.6. The lowest BCUT2D eigenvalue weighted by Crippen LogP contribution is -2.44. The zero-order valence-corrected chi connectivity index (χ0v) is 14.6. The minimum Gasteiger partial charge on any atom is -0.396 e. The summed E-state index contributed by atoms with van der Waals surface area (Å²) >= 11 is 0. The molecule has 2 aliphatic rings. The van der Waals surface area contributed by atoms with Crippen LogP contribution in [0.4, 0.5) is 5.69 Å². The molecule has 2 aliphatic heterocycles. The summed E-state index contributed by atoms with van der Waals surface area (Å²) in [4.78, 5) is 38.6. The summed E-state index contributed by atoms with van der Waals surface area (Å²) in [6.45, 7) is 1.85. The maximum atomic E-state index is 12.8. The van der Waals surface area contributed by atoms with Crippen LogP contribution in [0.25, 0.3) is 11.0 Å². The Morgan fingerprint density at radius 2 is 2.00 bits per heavy atom. The van der Waals surface area contributed by atoms with Gasteiger partial charge < -0.3 is 10.0 Å². The Morgan fingerprint density at radius 3 is 2.69 bits per heavy atom. The molecule has 2 amide bonds. The SMILES string of the molecule is Cn1c(=O)n(C2CCC(=O)NC2=O)c2ccc(N3CCC(CO)C3)cc21. The summed E-state index contributed by atoms with van der Waals surface area (Å²) in [5, 5.41) is 11.7. The number of fused-ring (bicyclic) bond motifs is 1. The fraction of sp³-hybridized carbons (Fsp3) is 0.500. The van der Waals surface area contributed by atoms with E-state index < -0.39 is 11.9 Å². The summed E-state index contributed by atoms with van der Waals surface area (Å²) < 4.78 is 3.03. The number of aliphatic hydroxyl groups is 1. The summed E-state index contributed by atoms with van der Waals surface area (Å²) in [5.41, 5.74) is 2.18. The topological polar surface area (TPSA) is 96.6 Å². The van der Waals surface area contributed by atoms with Gasteiger partial charge in [-0.2, -0.15) is 0 Å². The highest BCUT2D eigenvalue weighted by Crippen LogP contribution is 2.29. The minimum atomic E-state index is -0.666. The van der Waals surface area contributed by atoms with E-state index in [1.165, 1.54) is 4.57 Å². The van der Waals surface area contributed by atoms with Crippen molar-refractivity contribution in [3.05, 3.63) is 28.7 Å². The number of anilines is 1. The van der Waals surface area contributed by atoms with Crippen LogP contribution in [0.5, 0.6) is 0 Å². The van der Waals surface area contributed by atoms with E-state index in [0.717, 1.165) is 30.7 Å². The van der Waals surface area contributed by atoms with Crippen LogP contribution in [0.2, 0.25) is 0 Å². The summed E-state index contributed by atoms with van der Waals surface area (Å²) in [5.74, 6) is -0.442. The Bertz CT molecular complexity index is 945. The van der Waals surface area contributed by atoms with Gasteiger partial charge in [-0.25, -0.2) is 4.79 Å². The number of hydrogen-bond acceptors (Lipinski definition) is 5. The van der Waals surface area contributed by atoms with Gasteiger partial charge in [-0.3, -0.25) is 24.0 Å². The van der Waals surface area contributed by atoms with Gasteiger partial charge in [0.2, 0.25) is 11.8 Å². The lowest BCUT2D eigenvalue weighted by Gasteiger charge is -2.22. The maximum Gasteiger partial charge on any atom is 0.329 e. The first-order valence-electron chi connectivity index (χ1n) is 8.90. The number of amides is 2. The van der Waals surface area contributed by atoms with Gasteiger partial charge in [-0.1, -0.05) is 0 Å².